The van der Waals surface area contributed by atoms with Crippen molar-refractivity contribution in [1.29, 1.82) is 5.26 Å². The lowest BCUT2D eigenvalue weighted by Gasteiger charge is -2.22. The number of hydrogen-bond donors (Lipinski definition) is 0. The van der Waals surface area contributed by atoms with Gasteiger partial charge in [0.15, 0.2) is 6.61 Å². The van der Waals surface area contributed by atoms with E-state index >= 15 is 0 Å². The summed E-state index contributed by atoms with van der Waals surface area (Å²) in [6.45, 7) is 6.40. The Morgan fingerprint density at radius 1 is 1.04 bits per heavy atom. The van der Waals surface area contributed by atoms with Crippen molar-refractivity contribution in [1.82, 2.24) is 9.80 Å². The van der Waals surface area contributed by atoms with E-state index in [2.05, 4.69) is 42.2 Å². The fourth-order valence-corrected chi connectivity index (χ4v) is 3.19. The average molecular weight is 363 g/mol. The molecule has 1 fully saturated rings. The Morgan fingerprint density at radius 3 is 2.48 bits per heavy atom. The Labute approximate surface area is 160 Å². The van der Waals surface area contributed by atoms with E-state index in [1.807, 2.05) is 4.90 Å². The summed E-state index contributed by atoms with van der Waals surface area (Å²) in [6, 6.07) is 17.5. The summed E-state index contributed by atoms with van der Waals surface area (Å²) in [5.41, 5.74) is 3.16. The minimum Gasteiger partial charge on any atom is -0.484 e. The monoisotopic (exact) mass is 363 g/mol. The highest BCUT2D eigenvalue weighted by Gasteiger charge is 2.19. The highest BCUT2D eigenvalue weighted by atomic mass is 16.5. The van der Waals surface area contributed by atoms with Gasteiger partial charge in [0.05, 0.1) is 11.6 Å². The molecule has 0 bridgehead atoms. The van der Waals surface area contributed by atoms with Crippen LogP contribution in [0.1, 0.15) is 23.1 Å². The molecule has 0 N–H and O–H groups in total. The zero-order valence-electron chi connectivity index (χ0n) is 15.7. The molecule has 1 heterocycles. The minimum absolute atomic E-state index is 0.0107. The molecule has 1 aliphatic rings. The molecule has 0 saturated carbocycles. The Hall–Kier alpha value is -2.84. The molecule has 1 aliphatic heterocycles. The van der Waals surface area contributed by atoms with Gasteiger partial charge in [0.25, 0.3) is 5.91 Å². The van der Waals surface area contributed by atoms with Crippen molar-refractivity contribution in [3.63, 3.8) is 0 Å². The molecule has 0 atom stereocenters. The second-order valence-corrected chi connectivity index (χ2v) is 6.92. The third-order valence-electron chi connectivity index (χ3n) is 4.81. The van der Waals surface area contributed by atoms with Gasteiger partial charge in [-0.3, -0.25) is 9.69 Å². The maximum atomic E-state index is 12.5. The predicted molar refractivity (Wildman–Crippen MR) is 104 cm³/mol. The molecular weight excluding hydrogens is 338 g/mol. The van der Waals surface area contributed by atoms with Gasteiger partial charge in [0, 0.05) is 32.7 Å². The SMILES string of the molecule is Cc1ccc(CN2CCCN(C(=O)COc3ccc(C#N)cc3)CC2)cc1. The molecule has 0 radical (unpaired) electrons. The van der Waals surface area contributed by atoms with Crippen LogP contribution < -0.4 is 4.74 Å². The molecule has 2 aromatic rings. The van der Waals surface area contributed by atoms with Gasteiger partial charge in [0.1, 0.15) is 5.75 Å². The van der Waals surface area contributed by atoms with E-state index in [1.54, 1.807) is 24.3 Å². The number of carbonyl (C=O) groups excluding carboxylic acids is 1. The number of hydrogen-bond acceptors (Lipinski definition) is 4. The summed E-state index contributed by atoms with van der Waals surface area (Å²) in [4.78, 5) is 16.8. The second-order valence-electron chi connectivity index (χ2n) is 6.92. The summed E-state index contributed by atoms with van der Waals surface area (Å²) < 4.78 is 5.58. The number of rotatable bonds is 5. The van der Waals surface area contributed by atoms with Gasteiger partial charge in [-0.05, 0) is 43.2 Å². The van der Waals surface area contributed by atoms with E-state index in [0.29, 0.717) is 11.3 Å². The molecule has 2 aromatic carbocycles. The van der Waals surface area contributed by atoms with Crippen LogP contribution in [0.3, 0.4) is 0 Å². The quantitative estimate of drug-likeness (QED) is 0.819. The van der Waals surface area contributed by atoms with Crippen LogP contribution >= 0.6 is 0 Å². The maximum Gasteiger partial charge on any atom is 0.260 e. The summed E-state index contributed by atoms with van der Waals surface area (Å²) in [5.74, 6) is 0.620. The first kappa shape index (κ1) is 18.9. The number of nitriles is 1. The van der Waals surface area contributed by atoms with E-state index in [9.17, 15) is 4.79 Å². The van der Waals surface area contributed by atoms with Crippen LogP contribution in [0.15, 0.2) is 48.5 Å². The van der Waals surface area contributed by atoms with Crippen molar-refractivity contribution in [2.24, 2.45) is 0 Å². The van der Waals surface area contributed by atoms with Gasteiger partial charge in [-0.2, -0.15) is 5.26 Å². The van der Waals surface area contributed by atoms with E-state index in [4.69, 9.17) is 10.00 Å². The van der Waals surface area contributed by atoms with Gasteiger partial charge in [-0.15, -0.1) is 0 Å². The second kappa shape index (κ2) is 9.20. The van der Waals surface area contributed by atoms with Gasteiger partial charge in [-0.25, -0.2) is 0 Å². The van der Waals surface area contributed by atoms with Crippen LogP contribution in [0.4, 0.5) is 0 Å². The van der Waals surface area contributed by atoms with E-state index < -0.39 is 0 Å². The van der Waals surface area contributed by atoms with Crippen molar-refractivity contribution in [3.8, 4) is 11.8 Å². The molecule has 0 unspecified atom stereocenters. The number of nitrogens with zero attached hydrogens (tertiary/aromatic N) is 3. The van der Waals surface area contributed by atoms with E-state index in [1.165, 1.54) is 11.1 Å². The first-order valence-corrected chi connectivity index (χ1v) is 9.33. The third kappa shape index (κ3) is 5.57. The highest BCUT2D eigenvalue weighted by Crippen LogP contribution is 2.13. The number of carbonyl (C=O) groups is 1. The van der Waals surface area contributed by atoms with Crippen LogP contribution in [0, 0.1) is 18.3 Å². The molecule has 140 valence electrons. The normalized spacial score (nSPS) is 15.0. The molecule has 0 aromatic heterocycles. The molecule has 1 amide bonds. The molecule has 5 heteroatoms. The molecule has 27 heavy (non-hydrogen) atoms. The highest BCUT2D eigenvalue weighted by molar-refractivity contribution is 5.77. The molecule has 5 nitrogen and oxygen atoms in total. The van der Waals surface area contributed by atoms with Crippen molar-refractivity contribution >= 4 is 5.91 Å². The van der Waals surface area contributed by atoms with Crippen LogP contribution in [0.5, 0.6) is 5.75 Å². The fourth-order valence-electron chi connectivity index (χ4n) is 3.19. The summed E-state index contributed by atoms with van der Waals surface area (Å²) in [6.07, 6.45) is 0.967. The lowest BCUT2D eigenvalue weighted by Crippen LogP contribution is -2.38. The number of amides is 1. The van der Waals surface area contributed by atoms with Gasteiger partial charge in [0.2, 0.25) is 0 Å². The van der Waals surface area contributed by atoms with Crippen LogP contribution in [0.2, 0.25) is 0 Å². The van der Waals surface area contributed by atoms with Crippen LogP contribution in [0.25, 0.3) is 0 Å². The summed E-state index contributed by atoms with van der Waals surface area (Å²) in [5, 5.41) is 8.81. The Morgan fingerprint density at radius 2 is 1.78 bits per heavy atom. The summed E-state index contributed by atoms with van der Waals surface area (Å²) >= 11 is 0. The van der Waals surface area contributed by atoms with Gasteiger partial charge in [-0.1, -0.05) is 29.8 Å². The Kier molecular flexibility index (Phi) is 6.45. The first-order chi connectivity index (χ1) is 13.1. The minimum atomic E-state index is 0.0107. The molecular formula is C22H25N3O2. The summed E-state index contributed by atoms with van der Waals surface area (Å²) in [7, 11) is 0. The average Bonchev–Trinajstić information content (AvgIpc) is 2.94. The zero-order chi connectivity index (χ0) is 19.1. The first-order valence-electron chi connectivity index (χ1n) is 9.33. The maximum absolute atomic E-state index is 12.5. The van der Waals surface area contributed by atoms with Crippen LogP contribution in [-0.2, 0) is 11.3 Å². The van der Waals surface area contributed by atoms with E-state index in [0.717, 1.165) is 39.1 Å². The smallest absolute Gasteiger partial charge is 0.260 e. The zero-order valence-corrected chi connectivity index (χ0v) is 15.7. The van der Waals surface area contributed by atoms with Crippen molar-refractivity contribution in [2.45, 2.75) is 19.9 Å². The van der Waals surface area contributed by atoms with Crippen LogP contribution in [-0.4, -0.2) is 48.5 Å². The molecule has 0 spiro atoms. The van der Waals surface area contributed by atoms with E-state index in [-0.39, 0.29) is 12.5 Å². The van der Waals surface area contributed by atoms with Crippen molar-refractivity contribution in [2.75, 3.05) is 32.8 Å². The van der Waals surface area contributed by atoms with Gasteiger partial charge < -0.3 is 9.64 Å². The standard InChI is InChI=1S/C22H25N3O2/c1-18-3-5-20(6-4-18)16-24-11-2-12-25(14-13-24)22(26)17-27-21-9-7-19(15-23)8-10-21/h3-10H,2,11-14,16-17H2,1H3. The third-order valence-corrected chi connectivity index (χ3v) is 4.81. The molecule has 0 aliphatic carbocycles. The number of benzene rings is 2. The number of aryl methyl sites for hydroxylation is 1. The van der Waals surface area contributed by atoms with Crippen molar-refractivity contribution < 1.29 is 9.53 Å². The molecule has 3 rings (SSSR count). The predicted octanol–water partition coefficient (Wildman–Crippen LogP) is 2.98. The largest absolute Gasteiger partial charge is 0.484 e. The van der Waals surface area contributed by atoms with Crippen molar-refractivity contribution in [3.05, 3.63) is 65.2 Å². The Bertz CT molecular complexity index is 794. The number of ether oxygens (including phenoxy) is 1. The Balaban J connectivity index is 1.47. The lowest BCUT2D eigenvalue weighted by molar-refractivity contribution is -0.133. The lowest BCUT2D eigenvalue weighted by atomic mass is 10.1. The van der Waals surface area contributed by atoms with Gasteiger partial charge >= 0.3 is 0 Å². The topological polar surface area (TPSA) is 56.6 Å². The fraction of sp³-hybridized carbons (Fsp3) is 0.364. The molecule has 1 saturated heterocycles.